The molecule has 2 aromatic rings. The van der Waals surface area contributed by atoms with Gasteiger partial charge >= 0.3 is 0 Å². The van der Waals surface area contributed by atoms with Gasteiger partial charge in [-0.3, -0.25) is 14.7 Å². The van der Waals surface area contributed by atoms with E-state index in [9.17, 15) is 4.79 Å². The van der Waals surface area contributed by atoms with Gasteiger partial charge in [0, 0.05) is 24.4 Å². The molecule has 1 aromatic heterocycles. The maximum Gasteiger partial charge on any atom is 0.267 e. The van der Waals surface area contributed by atoms with Crippen molar-refractivity contribution in [3.05, 3.63) is 65.8 Å². The fraction of sp³-hybridized carbons (Fsp3) is 0.150. The van der Waals surface area contributed by atoms with Crippen molar-refractivity contribution in [2.75, 3.05) is 20.8 Å². The van der Waals surface area contributed by atoms with Crippen molar-refractivity contribution in [3.63, 3.8) is 0 Å². The Morgan fingerprint density at radius 3 is 2.81 bits per heavy atom. The molecule has 1 saturated heterocycles. The number of hydrogen-bond donors (Lipinski definition) is 0. The molecule has 0 N–H and O–H groups in total. The molecule has 7 heteroatoms. The zero-order valence-electron chi connectivity index (χ0n) is 15.1. The van der Waals surface area contributed by atoms with Crippen molar-refractivity contribution in [2.24, 2.45) is 4.99 Å². The molecule has 2 heterocycles. The molecular weight excluding hydrogens is 362 g/mol. The fourth-order valence-electron chi connectivity index (χ4n) is 2.49. The van der Waals surface area contributed by atoms with Gasteiger partial charge in [-0.2, -0.15) is 0 Å². The van der Waals surface area contributed by atoms with E-state index in [0.29, 0.717) is 33.8 Å². The van der Waals surface area contributed by atoms with Crippen molar-refractivity contribution in [3.8, 4) is 11.5 Å². The molecule has 0 radical (unpaired) electrons. The van der Waals surface area contributed by atoms with Gasteiger partial charge in [-0.1, -0.05) is 6.08 Å². The molecule has 0 saturated carbocycles. The average Bonchev–Trinajstić information content (AvgIpc) is 2.98. The van der Waals surface area contributed by atoms with Crippen molar-refractivity contribution >= 4 is 34.6 Å². The highest BCUT2D eigenvalue weighted by molar-refractivity contribution is 8.18. The molecule has 6 nitrogen and oxygen atoms in total. The summed E-state index contributed by atoms with van der Waals surface area (Å²) in [5.41, 5.74) is 1.47. The van der Waals surface area contributed by atoms with Gasteiger partial charge in [0.2, 0.25) is 0 Å². The number of methoxy groups -OCH3 is 2. The highest BCUT2D eigenvalue weighted by Crippen LogP contribution is 2.36. The Morgan fingerprint density at radius 2 is 2.15 bits per heavy atom. The largest absolute Gasteiger partial charge is 0.497 e. The molecule has 138 valence electrons. The van der Waals surface area contributed by atoms with Crippen LogP contribution >= 0.6 is 11.8 Å². The van der Waals surface area contributed by atoms with Crippen LogP contribution in [-0.2, 0) is 4.79 Å². The Kier molecular flexibility index (Phi) is 5.93. The van der Waals surface area contributed by atoms with E-state index < -0.39 is 0 Å². The number of aromatic nitrogens is 1. The normalized spacial score (nSPS) is 16.8. The number of thioether (sulfide) groups is 1. The maximum atomic E-state index is 12.9. The van der Waals surface area contributed by atoms with Crippen LogP contribution in [0.15, 0.2) is 65.3 Å². The smallest absolute Gasteiger partial charge is 0.267 e. The Labute approximate surface area is 162 Å². The predicted molar refractivity (Wildman–Crippen MR) is 108 cm³/mol. The highest BCUT2D eigenvalue weighted by Gasteiger charge is 2.32. The number of amidine groups is 1. The monoisotopic (exact) mass is 381 g/mol. The summed E-state index contributed by atoms with van der Waals surface area (Å²) in [4.78, 5) is 23.6. The third-order valence-electron chi connectivity index (χ3n) is 3.80. The van der Waals surface area contributed by atoms with E-state index in [2.05, 4.69) is 16.6 Å². The Balaban J connectivity index is 1.97. The number of hydrogen-bond acceptors (Lipinski definition) is 6. The molecule has 1 aromatic carbocycles. The number of ether oxygens (including phenoxy) is 2. The first-order valence-corrected chi connectivity index (χ1v) is 9.01. The lowest BCUT2D eigenvalue weighted by Crippen LogP contribution is -2.29. The first kappa shape index (κ1) is 18.7. The summed E-state index contributed by atoms with van der Waals surface area (Å²) in [6, 6.07) is 9.10. The summed E-state index contributed by atoms with van der Waals surface area (Å²) in [5.74, 6) is 1.19. The van der Waals surface area contributed by atoms with E-state index in [1.165, 1.54) is 11.8 Å². The number of aliphatic imine (C=N–C) groups is 1. The molecule has 0 spiro atoms. The van der Waals surface area contributed by atoms with Crippen LogP contribution in [-0.4, -0.2) is 41.7 Å². The molecule has 27 heavy (non-hydrogen) atoms. The van der Waals surface area contributed by atoms with Gasteiger partial charge in [0.1, 0.15) is 11.5 Å². The summed E-state index contributed by atoms with van der Waals surface area (Å²) < 4.78 is 10.6. The van der Waals surface area contributed by atoms with Gasteiger partial charge in [0.15, 0.2) is 5.17 Å². The first-order valence-electron chi connectivity index (χ1n) is 8.19. The minimum atomic E-state index is -0.125. The number of rotatable bonds is 6. The second-order valence-corrected chi connectivity index (χ2v) is 6.54. The quantitative estimate of drug-likeness (QED) is 0.561. The van der Waals surface area contributed by atoms with Crippen LogP contribution in [0.1, 0.15) is 5.56 Å². The third kappa shape index (κ3) is 4.20. The zero-order chi connectivity index (χ0) is 19.2. The van der Waals surface area contributed by atoms with E-state index in [1.807, 2.05) is 18.2 Å². The lowest BCUT2D eigenvalue weighted by atomic mass is 10.1. The molecule has 0 atom stereocenters. The van der Waals surface area contributed by atoms with Gasteiger partial charge in [0.25, 0.3) is 5.91 Å². The van der Waals surface area contributed by atoms with E-state index in [1.54, 1.807) is 55.8 Å². The van der Waals surface area contributed by atoms with Crippen molar-refractivity contribution in [2.45, 2.75) is 0 Å². The third-order valence-corrected chi connectivity index (χ3v) is 4.80. The number of carbonyl (C=O) groups excluding carboxylic acids is 1. The average molecular weight is 381 g/mol. The summed E-state index contributed by atoms with van der Waals surface area (Å²) >= 11 is 1.31. The molecule has 0 bridgehead atoms. The predicted octanol–water partition coefficient (Wildman–Crippen LogP) is 3.89. The van der Waals surface area contributed by atoms with Crippen LogP contribution in [0.2, 0.25) is 0 Å². The molecule has 0 unspecified atom stereocenters. The molecule has 0 aliphatic carbocycles. The second-order valence-electron chi connectivity index (χ2n) is 5.53. The minimum Gasteiger partial charge on any atom is -0.497 e. The van der Waals surface area contributed by atoms with E-state index in [4.69, 9.17) is 9.47 Å². The first-order chi connectivity index (χ1) is 13.2. The Bertz CT molecular complexity index is 910. The van der Waals surface area contributed by atoms with Crippen LogP contribution in [0.5, 0.6) is 11.5 Å². The van der Waals surface area contributed by atoms with Gasteiger partial charge < -0.3 is 9.47 Å². The van der Waals surface area contributed by atoms with Crippen LogP contribution in [0.25, 0.3) is 6.08 Å². The van der Waals surface area contributed by atoms with Gasteiger partial charge in [-0.05, 0) is 42.1 Å². The lowest BCUT2D eigenvalue weighted by molar-refractivity contribution is -0.121. The van der Waals surface area contributed by atoms with Crippen LogP contribution in [0.4, 0.5) is 5.69 Å². The number of nitrogens with zero attached hydrogens (tertiary/aromatic N) is 3. The minimum absolute atomic E-state index is 0.125. The van der Waals surface area contributed by atoms with E-state index in [0.717, 1.165) is 5.56 Å². The Morgan fingerprint density at radius 1 is 1.30 bits per heavy atom. The topological polar surface area (TPSA) is 64.0 Å². The maximum absolute atomic E-state index is 12.9. The molecular formula is C20H19N3O3S. The van der Waals surface area contributed by atoms with Gasteiger partial charge in [-0.15, -0.1) is 6.58 Å². The lowest BCUT2D eigenvalue weighted by Gasteiger charge is -2.12. The molecule has 1 aliphatic rings. The number of pyridine rings is 1. The van der Waals surface area contributed by atoms with Crippen molar-refractivity contribution < 1.29 is 14.3 Å². The fourth-order valence-corrected chi connectivity index (χ4v) is 3.49. The molecule has 1 fully saturated rings. The summed E-state index contributed by atoms with van der Waals surface area (Å²) in [7, 11) is 3.18. The standard InChI is InChI=1S/C20H19N3O3S/c1-4-10-23-19(24)18(27-20(23)22-15-6-5-9-21-13-15)11-14-7-8-16(25-2)12-17(14)26-3/h4-9,11-13H,1,10H2,2-3H3/b18-11-,22-20?. The number of carbonyl (C=O) groups is 1. The summed E-state index contributed by atoms with van der Waals surface area (Å²) in [6.45, 7) is 4.11. The Hall–Kier alpha value is -3.06. The van der Waals surface area contributed by atoms with Crippen LogP contribution < -0.4 is 9.47 Å². The van der Waals surface area contributed by atoms with Crippen LogP contribution in [0, 0.1) is 0 Å². The number of amides is 1. The van der Waals surface area contributed by atoms with Gasteiger partial charge in [-0.25, -0.2) is 4.99 Å². The van der Waals surface area contributed by atoms with Crippen molar-refractivity contribution in [1.82, 2.24) is 9.88 Å². The van der Waals surface area contributed by atoms with Gasteiger partial charge in [0.05, 0.1) is 31.0 Å². The van der Waals surface area contributed by atoms with E-state index in [-0.39, 0.29) is 5.91 Å². The molecule has 3 rings (SSSR count). The van der Waals surface area contributed by atoms with Crippen LogP contribution in [0.3, 0.4) is 0 Å². The highest BCUT2D eigenvalue weighted by atomic mass is 32.2. The zero-order valence-corrected chi connectivity index (χ0v) is 15.9. The molecule has 1 aliphatic heterocycles. The number of benzene rings is 1. The van der Waals surface area contributed by atoms with E-state index >= 15 is 0 Å². The second kappa shape index (κ2) is 8.55. The SMILES string of the molecule is C=CCN1C(=O)/C(=C/c2ccc(OC)cc2OC)SC1=Nc1cccnc1. The molecule has 1 amide bonds. The summed E-state index contributed by atoms with van der Waals surface area (Å²) in [5, 5.41) is 0.589. The van der Waals surface area contributed by atoms with Crippen molar-refractivity contribution in [1.29, 1.82) is 0 Å². The summed E-state index contributed by atoms with van der Waals surface area (Å²) in [6.07, 6.45) is 6.80.